The maximum absolute atomic E-state index is 14.8. The zero-order chi connectivity index (χ0) is 42.0. The molecule has 1 unspecified atom stereocenters. The van der Waals surface area contributed by atoms with Gasteiger partial charge < -0.3 is 19.4 Å². The molecule has 0 spiro atoms. The van der Waals surface area contributed by atoms with Gasteiger partial charge in [-0.15, -0.1) is 0 Å². The summed E-state index contributed by atoms with van der Waals surface area (Å²) >= 11 is 0. The zero-order valence-electron chi connectivity index (χ0n) is 34.9. The van der Waals surface area contributed by atoms with E-state index in [1.807, 2.05) is 19.1 Å². The van der Waals surface area contributed by atoms with Crippen molar-refractivity contribution >= 4 is 46.0 Å². The molecule has 2 aromatic heterocycles. The standard InChI is InChI=1S/C45H53FN10O5/c1-27-23-55(39-22-36(47-26-48-39)41-33-20-38(61-45(2)11-12-45)34(46)21-35(33)50-51-41)18-17-54(27)25-29-7-13-52(14-8-29)24-28-9-15-53(16-10-28)30-3-4-31-32(19-30)44(60)56(43(31)59)37-5-6-40(57)49-42(37)58/h3-4,19-22,26-29,37H,5-18,23-25H2,1-2H3,(H,50,51)(H,49,57,58)/t27-,37?/m0/s1. The summed E-state index contributed by atoms with van der Waals surface area (Å²) in [6.07, 6.45) is 8.21. The van der Waals surface area contributed by atoms with E-state index in [9.17, 15) is 23.6 Å². The molecule has 2 N–H and O–H groups in total. The number of aromatic nitrogens is 4. The molecule has 6 aliphatic rings. The SMILES string of the molecule is C[C@H]1CN(c2cc(-c3n[nH]c4cc(F)c(OC5(C)CC5)cc34)ncn2)CCN1CC1CCN(CC2CCN(c3ccc4c(c3)C(=O)N(C3CCC(=O)NC3=O)C4=O)CC2)CC1. The van der Waals surface area contributed by atoms with Crippen molar-refractivity contribution in [3.63, 3.8) is 0 Å². The number of carbonyl (C=O) groups excluding carboxylic acids is 4. The molecular weight excluding hydrogens is 780 g/mol. The first kappa shape index (κ1) is 39.6. The molecule has 1 saturated carbocycles. The van der Waals surface area contributed by atoms with Crippen LogP contribution in [0.25, 0.3) is 22.3 Å². The fourth-order valence-corrected chi connectivity index (χ4v) is 10.0. The lowest BCUT2D eigenvalue weighted by Gasteiger charge is -2.43. The number of imide groups is 2. The molecule has 320 valence electrons. The summed E-state index contributed by atoms with van der Waals surface area (Å²) in [5.74, 6) is 0.0867. The number of benzene rings is 2. The van der Waals surface area contributed by atoms with E-state index in [0.29, 0.717) is 45.9 Å². The number of fused-ring (bicyclic) bond motifs is 2. The van der Waals surface area contributed by atoms with Crippen LogP contribution < -0.4 is 19.9 Å². The summed E-state index contributed by atoms with van der Waals surface area (Å²) in [6, 6.07) is 10.0. The van der Waals surface area contributed by atoms with E-state index < -0.39 is 29.6 Å². The molecule has 5 fully saturated rings. The first-order valence-corrected chi connectivity index (χ1v) is 22.0. The summed E-state index contributed by atoms with van der Waals surface area (Å²) in [7, 11) is 0. The molecule has 2 atom stereocenters. The number of rotatable bonds is 10. The zero-order valence-corrected chi connectivity index (χ0v) is 34.9. The Balaban J connectivity index is 0.681. The van der Waals surface area contributed by atoms with E-state index >= 15 is 0 Å². The first-order chi connectivity index (χ1) is 29.5. The number of piperidine rings is 3. The van der Waals surface area contributed by atoms with Crippen molar-refractivity contribution in [2.75, 3.05) is 68.7 Å². The number of likely N-dealkylation sites (tertiary alicyclic amines) is 1. The van der Waals surface area contributed by atoms with Crippen LogP contribution in [0.3, 0.4) is 0 Å². The number of carbonyl (C=O) groups is 4. The Morgan fingerprint density at radius 3 is 2.34 bits per heavy atom. The van der Waals surface area contributed by atoms with Crippen molar-refractivity contribution in [2.24, 2.45) is 11.8 Å². The highest BCUT2D eigenvalue weighted by Crippen LogP contribution is 2.42. The normalized spacial score (nSPS) is 24.1. The lowest BCUT2D eigenvalue weighted by molar-refractivity contribution is -0.136. The minimum Gasteiger partial charge on any atom is -0.484 e. The number of nitrogens with zero attached hydrogens (tertiary/aromatic N) is 8. The van der Waals surface area contributed by atoms with Crippen LogP contribution in [-0.4, -0.2) is 135 Å². The molecule has 4 saturated heterocycles. The molecule has 4 aromatic rings. The van der Waals surface area contributed by atoms with Gasteiger partial charge in [0.2, 0.25) is 11.8 Å². The summed E-state index contributed by atoms with van der Waals surface area (Å²) in [4.78, 5) is 70.8. The van der Waals surface area contributed by atoms with E-state index in [-0.39, 0.29) is 30.1 Å². The predicted molar refractivity (Wildman–Crippen MR) is 226 cm³/mol. The van der Waals surface area contributed by atoms with E-state index in [4.69, 9.17) is 4.74 Å². The van der Waals surface area contributed by atoms with Gasteiger partial charge in [-0.1, -0.05) is 0 Å². The number of halogens is 1. The van der Waals surface area contributed by atoms with Crippen LogP contribution in [0.15, 0.2) is 42.7 Å². The van der Waals surface area contributed by atoms with Crippen molar-refractivity contribution in [3.05, 3.63) is 59.7 Å². The maximum Gasteiger partial charge on any atom is 0.262 e. The van der Waals surface area contributed by atoms with Crippen molar-refractivity contribution in [3.8, 4) is 17.1 Å². The highest BCUT2D eigenvalue weighted by Gasteiger charge is 2.45. The summed E-state index contributed by atoms with van der Waals surface area (Å²) < 4.78 is 20.8. The number of anilines is 2. The van der Waals surface area contributed by atoms with Crippen molar-refractivity contribution in [2.45, 2.75) is 82.9 Å². The minimum atomic E-state index is -0.960. The molecule has 7 heterocycles. The summed E-state index contributed by atoms with van der Waals surface area (Å²) in [6.45, 7) is 13.3. The Morgan fingerprint density at radius 1 is 0.836 bits per heavy atom. The Morgan fingerprint density at radius 2 is 1.59 bits per heavy atom. The number of amides is 4. The van der Waals surface area contributed by atoms with Crippen LogP contribution in [0.2, 0.25) is 0 Å². The van der Waals surface area contributed by atoms with Crippen LogP contribution >= 0.6 is 0 Å². The van der Waals surface area contributed by atoms with Gasteiger partial charge in [0.05, 0.1) is 22.3 Å². The monoisotopic (exact) mass is 832 g/mol. The highest BCUT2D eigenvalue weighted by molar-refractivity contribution is 6.23. The Bertz CT molecular complexity index is 2390. The number of ether oxygens (including phenoxy) is 1. The average molecular weight is 833 g/mol. The second kappa shape index (κ2) is 15.8. The van der Waals surface area contributed by atoms with E-state index in [1.54, 1.807) is 24.5 Å². The largest absolute Gasteiger partial charge is 0.484 e. The molecule has 16 heteroatoms. The number of hydrogen-bond donors (Lipinski definition) is 2. The number of piperazine rings is 1. The molecule has 15 nitrogen and oxygen atoms in total. The molecule has 61 heavy (non-hydrogen) atoms. The second-order valence-electron chi connectivity index (χ2n) is 18.4. The summed E-state index contributed by atoms with van der Waals surface area (Å²) in [5, 5.41) is 10.5. The van der Waals surface area contributed by atoms with Crippen LogP contribution in [0.1, 0.15) is 85.9 Å². The molecule has 5 aliphatic heterocycles. The summed E-state index contributed by atoms with van der Waals surface area (Å²) in [5.41, 5.74) is 3.22. The second-order valence-corrected chi connectivity index (χ2v) is 18.4. The van der Waals surface area contributed by atoms with Gasteiger partial charge in [0.25, 0.3) is 11.8 Å². The van der Waals surface area contributed by atoms with Crippen LogP contribution in [-0.2, 0) is 9.59 Å². The molecule has 0 bridgehead atoms. The number of hydrogen-bond acceptors (Lipinski definition) is 12. The van der Waals surface area contributed by atoms with Crippen molar-refractivity contribution in [1.82, 2.24) is 40.2 Å². The molecule has 0 radical (unpaired) electrons. The van der Waals surface area contributed by atoms with Gasteiger partial charge in [-0.3, -0.25) is 39.4 Å². The molecule has 1 aliphatic carbocycles. The van der Waals surface area contributed by atoms with Gasteiger partial charge in [-0.2, -0.15) is 5.10 Å². The molecule has 10 rings (SSSR count). The van der Waals surface area contributed by atoms with Gasteiger partial charge in [0.1, 0.15) is 29.5 Å². The number of aromatic amines is 1. The van der Waals surface area contributed by atoms with Crippen molar-refractivity contribution in [1.29, 1.82) is 0 Å². The van der Waals surface area contributed by atoms with E-state index in [0.717, 1.165) is 106 Å². The van der Waals surface area contributed by atoms with Gasteiger partial charge in [-0.05, 0) is 108 Å². The number of nitrogens with one attached hydrogen (secondary N) is 2. The average Bonchev–Trinajstić information content (AvgIpc) is 3.76. The maximum atomic E-state index is 14.8. The Kier molecular flexibility index (Phi) is 10.2. The third-order valence-electron chi connectivity index (χ3n) is 14.0. The minimum absolute atomic E-state index is 0.102. The van der Waals surface area contributed by atoms with Gasteiger partial charge in [0.15, 0.2) is 11.6 Å². The lowest BCUT2D eigenvalue weighted by atomic mass is 9.92. The molecule has 4 amide bonds. The Hall–Kier alpha value is -5.48. The predicted octanol–water partition coefficient (Wildman–Crippen LogP) is 4.63. The van der Waals surface area contributed by atoms with E-state index in [2.05, 4.69) is 52.0 Å². The van der Waals surface area contributed by atoms with Crippen molar-refractivity contribution < 1.29 is 28.3 Å². The smallest absolute Gasteiger partial charge is 0.262 e. The van der Waals surface area contributed by atoms with Crippen LogP contribution in [0.5, 0.6) is 5.75 Å². The van der Waals surface area contributed by atoms with Crippen LogP contribution in [0.4, 0.5) is 15.9 Å². The van der Waals surface area contributed by atoms with Gasteiger partial charge in [-0.25, -0.2) is 14.4 Å². The lowest BCUT2D eigenvalue weighted by Crippen LogP contribution is -2.54. The quantitative estimate of drug-likeness (QED) is 0.214. The fraction of sp³-hybridized carbons (Fsp3) is 0.533. The molecular formula is C45H53FN10O5. The van der Waals surface area contributed by atoms with Crippen LogP contribution in [0, 0.1) is 17.7 Å². The Labute approximate surface area is 354 Å². The topological polar surface area (TPSA) is 160 Å². The van der Waals surface area contributed by atoms with Gasteiger partial charge >= 0.3 is 0 Å². The highest BCUT2D eigenvalue weighted by atomic mass is 19.1. The third-order valence-corrected chi connectivity index (χ3v) is 14.0. The fourth-order valence-electron chi connectivity index (χ4n) is 10.0. The third kappa shape index (κ3) is 7.84. The number of H-pyrrole nitrogens is 1. The van der Waals surface area contributed by atoms with E-state index in [1.165, 1.54) is 18.9 Å². The first-order valence-electron chi connectivity index (χ1n) is 22.0. The molecule has 2 aromatic carbocycles. The van der Waals surface area contributed by atoms with Gasteiger partial charge in [0, 0.05) is 81.5 Å².